The zero-order valence-electron chi connectivity index (χ0n) is 16.0. The molecule has 27 heavy (non-hydrogen) atoms. The van der Waals surface area contributed by atoms with E-state index < -0.39 is 0 Å². The van der Waals surface area contributed by atoms with Crippen LogP contribution in [0.2, 0.25) is 0 Å². The van der Waals surface area contributed by atoms with Crippen LogP contribution in [-0.2, 0) is 13.0 Å². The number of hydrogen-bond acceptors (Lipinski definition) is 3. The minimum Gasteiger partial charge on any atom is -0.337 e. The fraction of sp³-hybridized carbons (Fsp3) is 0.478. The number of pyridine rings is 1. The van der Waals surface area contributed by atoms with Crippen molar-refractivity contribution in [1.29, 1.82) is 0 Å². The molecule has 4 rings (SSSR count). The highest BCUT2D eigenvalue weighted by atomic mass is 16.2. The minimum absolute atomic E-state index is 0.0697. The number of carbonyl (C=O) groups is 1. The number of benzene rings is 1. The lowest BCUT2D eigenvalue weighted by atomic mass is 9.90. The molecule has 1 aromatic carbocycles. The Balaban J connectivity index is 1.26. The summed E-state index contributed by atoms with van der Waals surface area (Å²) in [6.45, 7) is 5.27. The van der Waals surface area contributed by atoms with Gasteiger partial charge < -0.3 is 4.90 Å². The van der Waals surface area contributed by atoms with Gasteiger partial charge in [-0.3, -0.25) is 14.7 Å². The summed E-state index contributed by atoms with van der Waals surface area (Å²) in [6, 6.07) is 14.7. The lowest BCUT2D eigenvalue weighted by Crippen LogP contribution is -2.39. The number of carbonyl (C=O) groups excluding carboxylic acids is 1. The number of rotatable bonds is 5. The van der Waals surface area contributed by atoms with Crippen LogP contribution in [-0.4, -0.2) is 46.9 Å². The Morgan fingerprint density at radius 1 is 0.926 bits per heavy atom. The summed E-state index contributed by atoms with van der Waals surface area (Å²) in [5, 5.41) is 0. The number of likely N-dealkylation sites (tertiary alicyclic amines) is 2. The van der Waals surface area contributed by atoms with Crippen molar-refractivity contribution in [3.05, 3.63) is 65.5 Å². The van der Waals surface area contributed by atoms with E-state index in [1.165, 1.54) is 37.1 Å². The molecule has 4 heteroatoms. The number of aromatic nitrogens is 1. The predicted octanol–water partition coefficient (Wildman–Crippen LogP) is 3.77. The fourth-order valence-corrected chi connectivity index (χ4v) is 4.30. The molecule has 0 N–H and O–H groups in total. The quantitative estimate of drug-likeness (QED) is 0.811. The monoisotopic (exact) mass is 363 g/mol. The topological polar surface area (TPSA) is 36.4 Å². The highest BCUT2D eigenvalue weighted by molar-refractivity contribution is 5.92. The molecule has 0 aliphatic carbocycles. The Morgan fingerprint density at radius 3 is 2.30 bits per heavy atom. The van der Waals surface area contributed by atoms with Gasteiger partial charge in [-0.15, -0.1) is 0 Å². The molecule has 1 aromatic heterocycles. The van der Waals surface area contributed by atoms with Crippen LogP contribution < -0.4 is 0 Å². The van der Waals surface area contributed by atoms with E-state index in [1.54, 1.807) is 12.3 Å². The number of hydrogen-bond donors (Lipinski definition) is 0. The highest BCUT2D eigenvalue weighted by Gasteiger charge is 2.24. The van der Waals surface area contributed by atoms with Gasteiger partial charge in [-0.1, -0.05) is 30.3 Å². The van der Waals surface area contributed by atoms with Gasteiger partial charge in [-0.25, -0.2) is 0 Å². The van der Waals surface area contributed by atoms with Gasteiger partial charge in [0.15, 0.2) is 0 Å². The van der Waals surface area contributed by atoms with Crippen molar-refractivity contribution in [2.45, 2.75) is 38.6 Å². The first-order chi connectivity index (χ1) is 13.3. The SMILES string of the molecule is O=C(c1ccccn1)N1CCC(Cc2ccc(CN3CCCC3)cc2)CC1. The second-order valence-electron chi connectivity index (χ2n) is 7.95. The summed E-state index contributed by atoms with van der Waals surface area (Å²) in [5.74, 6) is 0.738. The molecular formula is C23H29N3O. The number of amides is 1. The van der Waals surface area contributed by atoms with E-state index in [0.717, 1.165) is 38.9 Å². The Bertz CT molecular complexity index is 730. The molecule has 0 bridgehead atoms. The second kappa shape index (κ2) is 8.66. The maximum Gasteiger partial charge on any atom is 0.272 e. The molecule has 0 radical (unpaired) electrons. The van der Waals surface area contributed by atoms with Gasteiger partial charge in [0.2, 0.25) is 0 Å². The first-order valence-electron chi connectivity index (χ1n) is 10.3. The van der Waals surface area contributed by atoms with Gasteiger partial charge in [0.1, 0.15) is 5.69 Å². The van der Waals surface area contributed by atoms with E-state index in [0.29, 0.717) is 11.6 Å². The van der Waals surface area contributed by atoms with Crippen LogP contribution in [0.4, 0.5) is 0 Å². The number of piperidine rings is 1. The van der Waals surface area contributed by atoms with Gasteiger partial charge in [0, 0.05) is 25.8 Å². The van der Waals surface area contributed by atoms with E-state index in [9.17, 15) is 4.79 Å². The Hall–Kier alpha value is -2.20. The third-order valence-corrected chi connectivity index (χ3v) is 5.94. The molecule has 3 heterocycles. The average Bonchev–Trinajstić information content (AvgIpc) is 3.23. The smallest absolute Gasteiger partial charge is 0.272 e. The highest BCUT2D eigenvalue weighted by Crippen LogP contribution is 2.23. The van der Waals surface area contributed by atoms with Crippen LogP contribution in [0.5, 0.6) is 0 Å². The minimum atomic E-state index is 0.0697. The van der Waals surface area contributed by atoms with Crippen LogP contribution in [0.3, 0.4) is 0 Å². The lowest BCUT2D eigenvalue weighted by Gasteiger charge is -2.32. The van der Waals surface area contributed by atoms with Crippen LogP contribution in [0.1, 0.15) is 47.3 Å². The van der Waals surface area contributed by atoms with E-state index in [2.05, 4.69) is 34.1 Å². The molecule has 2 aromatic rings. The molecule has 2 fully saturated rings. The normalized spacial score (nSPS) is 18.7. The van der Waals surface area contributed by atoms with E-state index >= 15 is 0 Å². The zero-order valence-corrected chi connectivity index (χ0v) is 16.0. The average molecular weight is 364 g/mol. The third-order valence-electron chi connectivity index (χ3n) is 5.94. The van der Waals surface area contributed by atoms with Gasteiger partial charge >= 0.3 is 0 Å². The molecule has 2 aliphatic heterocycles. The number of nitrogens with zero attached hydrogens (tertiary/aromatic N) is 3. The summed E-state index contributed by atoms with van der Waals surface area (Å²) in [6.07, 6.45) is 7.66. The second-order valence-corrected chi connectivity index (χ2v) is 7.95. The Morgan fingerprint density at radius 2 is 1.63 bits per heavy atom. The molecule has 0 saturated carbocycles. The first-order valence-corrected chi connectivity index (χ1v) is 10.3. The molecule has 142 valence electrons. The summed E-state index contributed by atoms with van der Waals surface area (Å²) >= 11 is 0. The van der Waals surface area contributed by atoms with Crippen molar-refractivity contribution in [3.63, 3.8) is 0 Å². The maximum atomic E-state index is 12.5. The zero-order chi connectivity index (χ0) is 18.5. The van der Waals surface area contributed by atoms with E-state index in [1.807, 2.05) is 17.0 Å². The summed E-state index contributed by atoms with van der Waals surface area (Å²) in [5.41, 5.74) is 3.41. The van der Waals surface area contributed by atoms with Crippen molar-refractivity contribution in [1.82, 2.24) is 14.8 Å². The fourth-order valence-electron chi connectivity index (χ4n) is 4.30. The van der Waals surface area contributed by atoms with Crippen molar-refractivity contribution in [3.8, 4) is 0 Å². The summed E-state index contributed by atoms with van der Waals surface area (Å²) < 4.78 is 0. The van der Waals surface area contributed by atoms with E-state index in [-0.39, 0.29) is 5.91 Å². The Labute approximate surface area is 162 Å². The van der Waals surface area contributed by atoms with Crippen LogP contribution >= 0.6 is 0 Å². The predicted molar refractivity (Wildman–Crippen MR) is 108 cm³/mol. The summed E-state index contributed by atoms with van der Waals surface area (Å²) in [4.78, 5) is 21.2. The molecule has 0 spiro atoms. The maximum absolute atomic E-state index is 12.5. The summed E-state index contributed by atoms with van der Waals surface area (Å²) in [7, 11) is 0. The third kappa shape index (κ3) is 4.75. The largest absolute Gasteiger partial charge is 0.337 e. The van der Waals surface area contributed by atoms with Crippen molar-refractivity contribution in [2.75, 3.05) is 26.2 Å². The van der Waals surface area contributed by atoms with Crippen molar-refractivity contribution < 1.29 is 4.79 Å². The molecule has 2 aliphatic rings. The van der Waals surface area contributed by atoms with Crippen molar-refractivity contribution in [2.24, 2.45) is 5.92 Å². The van der Waals surface area contributed by atoms with Crippen LogP contribution in [0, 0.1) is 5.92 Å². The molecule has 1 amide bonds. The van der Waals surface area contributed by atoms with E-state index in [4.69, 9.17) is 0 Å². The van der Waals surface area contributed by atoms with Gasteiger partial charge in [-0.2, -0.15) is 0 Å². The molecular weight excluding hydrogens is 334 g/mol. The molecule has 0 atom stereocenters. The lowest BCUT2D eigenvalue weighted by molar-refractivity contribution is 0.0684. The van der Waals surface area contributed by atoms with Gasteiger partial charge in [-0.05, 0) is 74.4 Å². The standard InChI is InChI=1S/C23H29N3O/c27-23(22-5-1-2-12-24-22)26-15-10-20(11-16-26)17-19-6-8-21(9-7-19)18-25-13-3-4-14-25/h1-2,5-9,12,20H,3-4,10-11,13-18H2. The molecule has 0 unspecified atom stereocenters. The Kier molecular flexibility index (Phi) is 5.83. The van der Waals surface area contributed by atoms with Crippen LogP contribution in [0.15, 0.2) is 48.7 Å². The van der Waals surface area contributed by atoms with Crippen molar-refractivity contribution >= 4 is 5.91 Å². The molecule has 4 nitrogen and oxygen atoms in total. The van der Waals surface area contributed by atoms with Gasteiger partial charge in [0.25, 0.3) is 5.91 Å². The first kappa shape index (κ1) is 18.2. The molecule has 2 saturated heterocycles. The van der Waals surface area contributed by atoms with Gasteiger partial charge in [0.05, 0.1) is 0 Å². The van der Waals surface area contributed by atoms with Crippen LogP contribution in [0.25, 0.3) is 0 Å².